The van der Waals surface area contributed by atoms with Crippen LogP contribution in [0.15, 0.2) is 66.7 Å². The van der Waals surface area contributed by atoms with Crippen LogP contribution >= 0.6 is 11.6 Å². The van der Waals surface area contributed by atoms with Crippen molar-refractivity contribution in [2.75, 3.05) is 7.05 Å². The Labute approximate surface area is 134 Å². The van der Waals surface area contributed by atoms with E-state index < -0.39 is 0 Å². The summed E-state index contributed by atoms with van der Waals surface area (Å²) >= 11 is 5.99. The van der Waals surface area contributed by atoms with Crippen LogP contribution in [-0.2, 0) is 6.54 Å². The summed E-state index contributed by atoms with van der Waals surface area (Å²) in [4.78, 5) is 14.3. The molecule has 1 amide bonds. The highest BCUT2D eigenvalue weighted by Gasteiger charge is 2.12. The predicted octanol–water partition coefficient (Wildman–Crippen LogP) is 4.77. The van der Waals surface area contributed by atoms with Gasteiger partial charge in [-0.25, -0.2) is 0 Å². The lowest BCUT2D eigenvalue weighted by Gasteiger charge is -2.18. The smallest absolute Gasteiger partial charge is 0.253 e. The standard InChI is InChI=1S/C19H16ClNO/c1-21(13-14-5-4-8-18(20)11-14)19(22)17-10-9-15-6-2-3-7-16(15)12-17/h2-12H,13H2,1H3. The first-order valence-electron chi connectivity index (χ1n) is 7.12. The molecule has 0 bridgehead atoms. The van der Waals surface area contributed by atoms with Crippen molar-refractivity contribution in [3.8, 4) is 0 Å². The van der Waals surface area contributed by atoms with Gasteiger partial charge in [0.25, 0.3) is 5.91 Å². The number of amides is 1. The fraction of sp³-hybridized carbons (Fsp3) is 0.105. The third-order valence-electron chi connectivity index (χ3n) is 3.65. The van der Waals surface area contributed by atoms with Crippen LogP contribution in [0.3, 0.4) is 0 Å². The number of fused-ring (bicyclic) bond motifs is 1. The normalized spacial score (nSPS) is 10.6. The molecule has 0 aliphatic heterocycles. The van der Waals surface area contributed by atoms with Crippen LogP contribution in [0.2, 0.25) is 5.02 Å². The summed E-state index contributed by atoms with van der Waals surface area (Å²) in [5.74, 6) is 0.00530. The molecule has 0 fully saturated rings. The van der Waals surface area contributed by atoms with Gasteiger partial charge in [0.05, 0.1) is 0 Å². The lowest BCUT2D eigenvalue weighted by atomic mass is 10.1. The lowest BCUT2D eigenvalue weighted by molar-refractivity contribution is 0.0785. The molecule has 0 saturated heterocycles. The van der Waals surface area contributed by atoms with E-state index in [2.05, 4.69) is 0 Å². The molecule has 0 N–H and O–H groups in total. The average molecular weight is 310 g/mol. The van der Waals surface area contributed by atoms with Crippen LogP contribution in [0, 0.1) is 0 Å². The van der Waals surface area contributed by atoms with E-state index in [1.165, 1.54) is 0 Å². The van der Waals surface area contributed by atoms with E-state index in [1.807, 2.05) is 66.7 Å². The Balaban J connectivity index is 1.82. The third kappa shape index (κ3) is 3.12. The molecule has 0 radical (unpaired) electrons. The molecule has 0 saturated carbocycles. The second-order valence-corrected chi connectivity index (χ2v) is 5.79. The van der Waals surface area contributed by atoms with Crippen LogP contribution < -0.4 is 0 Å². The van der Waals surface area contributed by atoms with E-state index in [0.717, 1.165) is 16.3 Å². The molecule has 110 valence electrons. The van der Waals surface area contributed by atoms with E-state index >= 15 is 0 Å². The second-order valence-electron chi connectivity index (χ2n) is 5.35. The fourth-order valence-corrected chi connectivity index (χ4v) is 2.74. The molecule has 22 heavy (non-hydrogen) atoms. The van der Waals surface area contributed by atoms with Crippen LogP contribution in [0.25, 0.3) is 10.8 Å². The van der Waals surface area contributed by atoms with Gasteiger partial charge in [-0.15, -0.1) is 0 Å². The zero-order valence-electron chi connectivity index (χ0n) is 12.3. The van der Waals surface area contributed by atoms with E-state index in [0.29, 0.717) is 17.1 Å². The Bertz CT molecular complexity index is 828. The Morgan fingerprint density at radius 2 is 1.73 bits per heavy atom. The Kier molecular flexibility index (Phi) is 4.12. The Morgan fingerprint density at radius 3 is 2.50 bits per heavy atom. The maximum absolute atomic E-state index is 12.6. The number of hydrogen-bond donors (Lipinski definition) is 0. The number of carbonyl (C=O) groups excluding carboxylic acids is 1. The van der Waals surface area contributed by atoms with Crippen molar-refractivity contribution in [2.45, 2.75) is 6.54 Å². The van der Waals surface area contributed by atoms with Gasteiger partial charge in [-0.2, -0.15) is 0 Å². The number of rotatable bonds is 3. The van der Waals surface area contributed by atoms with Crippen molar-refractivity contribution >= 4 is 28.3 Å². The average Bonchev–Trinajstić information content (AvgIpc) is 2.53. The molecule has 0 aliphatic carbocycles. The maximum atomic E-state index is 12.6. The van der Waals surface area contributed by atoms with Crippen molar-refractivity contribution in [2.24, 2.45) is 0 Å². The first kappa shape index (κ1) is 14.6. The highest BCUT2D eigenvalue weighted by Crippen LogP contribution is 2.18. The minimum atomic E-state index is 0.00530. The monoisotopic (exact) mass is 309 g/mol. The molecule has 0 heterocycles. The van der Waals surface area contributed by atoms with Gasteiger partial charge in [0, 0.05) is 24.2 Å². The number of halogens is 1. The minimum Gasteiger partial charge on any atom is -0.337 e. The van der Waals surface area contributed by atoms with E-state index in [9.17, 15) is 4.79 Å². The minimum absolute atomic E-state index is 0.00530. The van der Waals surface area contributed by atoms with Crippen molar-refractivity contribution in [1.82, 2.24) is 4.90 Å². The molecule has 3 aromatic carbocycles. The first-order chi connectivity index (χ1) is 10.6. The molecule has 3 heteroatoms. The zero-order valence-corrected chi connectivity index (χ0v) is 13.0. The van der Waals surface area contributed by atoms with Crippen LogP contribution in [-0.4, -0.2) is 17.9 Å². The van der Waals surface area contributed by atoms with Crippen LogP contribution in [0.5, 0.6) is 0 Å². The lowest BCUT2D eigenvalue weighted by Crippen LogP contribution is -2.26. The number of hydrogen-bond acceptors (Lipinski definition) is 1. The van der Waals surface area contributed by atoms with Crippen LogP contribution in [0.1, 0.15) is 15.9 Å². The summed E-state index contributed by atoms with van der Waals surface area (Å²) in [6, 6.07) is 21.4. The van der Waals surface area contributed by atoms with Gasteiger partial charge in [-0.3, -0.25) is 4.79 Å². The molecule has 0 unspecified atom stereocenters. The summed E-state index contributed by atoms with van der Waals surface area (Å²) in [6.07, 6.45) is 0. The van der Waals surface area contributed by atoms with Gasteiger partial charge in [-0.05, 0) is 40.6 Å². The van der Waals surface area contributed by atoms with Crippen molar-refractivity contribution < 1.29 is 4.79 Å². The second kappa shape index (κ2) is 6.20. The van der Waals surface area contributed by atoms with Gasteiger partial charge in [-0.1, -0.05) is 54.1 Å². The summed E-state index contributed by atoms with van der Waals surface area (Å²) < 4.78 is 0. The summed E-state index contributed by atoms with van der Waals surface area (Å²) in [5, 5.41) is 2.89. The SMILES string of the molecule is CN(Cc1cccc(Cl)c1)C(=O)c1ccc2ccccc2c1. The largest absolute Gasteiger partial charge is 0.337 e. The molecule has 3 aromatic rings. The van der Waals surface area contributed by atoms with E-state index in [-0.39, 0.29) is 5.91 Å². The molecule has 0 atom stereocenters. The van der Waals surface area contributed by atoms with Gasteiger partial charge in [0.1, 0.15) is 0 Å². The van der Waals surface area contributed by atoms with Gasteiger partial charge >= 0.3 is 0 Å². The molecule has 3 rings (SSSR count). The Morgan fingerprint density at radius 1 is 0.955 bits per heavy atom. The Hall–Kier alpha value is -2.32. The van der Waals surface area contributed by atoms with E-state index in [1.54, 1.807) is 11.9 Å². The van der Waals surface area contributed by atoms with Gasteiger partial charge in [0.15, 0.2) is 0 Å². The maximum Gasteiger partial charge on any atom is 0.253 e. The number of carbonyl (C=O) groups is 1. The zero-order chi connectivity index (χ0) is 15.5. The van der Waals surface area contributed by atoms with E-state index in [4.69, 9.17) is 11.6 Å². The summed E-state index contributed by atoms with van der Waals surface area (Å²) in [7, 11) is 1.80. The molecule has 0 aliphatic rings. The topological polar surface area (TPSA) is 20.3 Å². The molecule has 0 aromatic heterocycles. The number of benzene rings is 3. The van der Waals surface area contributed by atoms with Crippen molar-refractivity contribution in [1.29, 1.82) is 0 Å². The number of nitrogens with zero attached hydrogens (tertiary/aromatic N) is 1. The highest BCUT2D eigenvalue weighted by atomic mass is 35.5. The van der Waals surface area contributed by atoms with Crippen molar-refractivity contribution in [3.63, 3.8) is 0 Å². The van der Waals surface area contributed by atoms with Gasteiger partial charge in [0.2, 0.25) is 0 Å². The highest BCUT2D eigenvalue weighted by molar-refractivity contribution is 6.30. The fourth-order valence-electron chi connectivity index (χ4n) is 2.52. The molecular formula is C19H16ClNO. The predicted molar refractivity (Wildman–Crippen MR) is 91.2 cm³/mol. The first-order valence-corrected chi connectivity index (χ1v) is 7.50. The molecule has 2 nitrogen and oxygen atoms in total. The van der Waals surface area contributed by atoms with Crippen LogP contribution in [0.4, 0.5) is 0 Å². The third-order valence-corrected chi connectivity index (χ3v) is 3.89. The summed E-state index contributed by atoms with van der Waals surface area (Å²) in [6.45, 7) is 0.534. The van der Waals surface area contributed by atoms with Gasteiger partial charge < -0.3 is 4.90 Å². The molecular weight excluding hydrogens is 294 g/mol. The quantitative estimate of drug-likeness (QED) is 0.682. The molecule has 0 spiro atoms. The van der Waals surface area contributed by atoms with Crippen molar-refractivity contribution in [3.05, 3.63) is 82.9 Å². The summed E-state index contributed by atoms with van der Waals surface area (Å²) in [5.41, 5.74) is 1.72.